The van der Waals surface area contributed by atoms with Crippen molar-refractivity contribution >= 4 is 32.8 Å². The SMILES string of the molecule is CC.COC(=O)c1ccc(Br)c2cc[nH]c12. The fraction of sp³-hybridized carbons (Fsp3) is 0.250. The number of carbonyl (C=O) groups is 1. The number of methoxy groups -OCH3 is 1. The number of hydrogen-bond donors (Lipinski definition) is 1. The van der Waals surface area contributed by atoms with Gasteiger partial charge in [0.1, 0.15) is 0 Å². The largest absolute Gasteiger partial charge is 0.465 e. The van der Waals surface area contributed by atoms with Gasteiger partial charge in [0.2, 0.25) is 0 Å². The molecule has 1 heterocycles. The van der Waals surface area contributed by atoms with Crippen LogP contribution in [0, 0.1) is 0 Å². The van der Waals surface area contributed by atoms with Gasteiger partial charge in [0.25, 0.3) is 0 Å². The molecule has 1 N–H and O–H groups in total. The van der Waals surface area contributed by atoms with Crippen LogP contribution in [0.2, 0.25) is 0 Å². The first kappa shape index (κ1) is 12.8. The molecule has 2 rings (SSSR count). The maximum Gasteiger partial charge on any atom is 0.339 e. The van der Waals surface area contributed by atoms with E-state index in [9.17, 15) is 4.79 Å². The van der Waals surface area contributed by atoms with Crippen LogP contribution in [0.25, 0.3) is 10.9 Å². The number of aromatic amines is 1. The summed E-state index contributed by atoms with van der Waals surface area (Å²) >= 11 is 3.41. The van der Waals surface area contributed by atoms with Crippen LogP contribution in [0.4, 0.5) is 0 Å². The van der Waals surface area contributed by atoms with Crippen molar-refractivity contribution in [2.24, 2.45) is 0 Å². The predicted octanol–water partition coefficient (Wildman–Crippen LogP) is 3.74. The molecule has 86 valence electrons. The molecule has 16 heavy (non-hydrogen) atoms. The molecular formula is C12H14BrNO2. The number of H-pyrrole nitrogens is 1. The number of nitrogens with one attached hydrogen (secondary N) is 1. The highest BCUT2D eigenvalue weighted by Gasteiger charge is 2.12. The normalized spacial score (nSPS) is 9.50. The Morgan fingerprint density at radius 1 is 1.31 bits per heavy atom. The molecule has 0 aliphatic heterocycles. The van der Waals surface area contributed by atoms with Crippen molar-refractivity contribution in [1.29, 1.82) is 0 Å². The Morgan fingerprint density at radius 3 is 2.62 bits per heavy atom. The summed E-state index contributed by atoms with van der Waals surface area (Å²) in [5.74, 6) is -0.329. The molecule has 0 saturated carbocycles. The van der Waals surface area contributed by atoms with Gasteiger partial charge in [-0.1, -0.05) is 29.8 Å². The minimum absolute atomic E-state index is 0.329. The Balaban J connectivity index is 0.000000606. The fourth-order valence-corrected chi connectivity index (χ4v) is 1.86. The molecule has 0 unspecified atom stereocenters. The third-order valence-corrected chi connectivity index (χ3v) is 2.77. The van der Waals surface area contributed by atoms with E-state index in [0.717, 1.165) is 15.4 Å². The zero-order valence-electron chi connectivity index (χ0n) is 9.50. The maximum absolute atomic E-state index is 11.4. The molecule has 1 aromatic heterocycles. The van der Waals surface area contributed by atoms with Gasteiger partial charge in [-0.2, -0.15) is 0 Å². The first-order chi connectivity index (χ1) is 7.74. The van der Waals surface area contributed by atoms with E-state index in [2.05, 4.69) is 25.7 Å². The average molecular weight is 284 g/mol. The number of fused-ring (bicyclic) bond motifs is 1. The number of hydrogen-bond acceptors (Lipinski definition) is 2. The number of esters is 1. The number of halogens is 1. The van der Waals surface area contributed by atoms with E-state index >= 15 is 0 Å². The van der Waals surface area contributed by atoms with Gasteiger partial charge in [0.05, 0.1) is 18.2 Å². The number of carbonyl (C=O) groups excluding carboxylic acids is 1. The minimum atomic E-state index is -0.329. The average Bonchev–Trinajstić information content (AvgIpc) is 2.81. The Hall–Kier alpha value is -1.29. The standard InChI is InChI=1S/C10H8BrNO2.C2H6/c1-14-10(13)7-2-3-8(11)6-4-5-12-9(6)7;1-2/h2-5,12H,1H3;1-2H3. The molecule has 0 bridgehead atoms. The molecular weight excluding hydrogens is 270 g/mol. The van der Waals surface area contributed by atoms with Crippen molar-refractivity contribution < 1.29 is 9.53 Å². The molecule has 0 aliphatic rings. The van der Waals surface area contributed by atoms with Gasteiger partial charge in [0, 0.05) is 16.1 Å². The fourth-order valence-electron chi connectivity index (χ4n) is 1.40. The molecule has 0 aliphatic carbocycles. The van der Waals surface area contributed by atoms with Gasteiger partial charge in [-0.05, 0) is 18.2 Å². The molecule has 0 atom stereocenters. The smallest absolute Gasteiger partial charge is 0.339 e. The zero-order valence-corrected chi connectivity index (χ0v) is 11.1. The topological polar surface area (TPSA) is 42.1 Å². The molecule has 1 aromatic carbocycles. The Morgan fingerprint density at radius 2 is 2.00 bits per heavy atom. The number of aromatic nitrogens is 1. The van der Waals surface area contributed by atoms with Crippen LogP contribution in [0.5, 0.6) is 0 Å². The Bertz CT molecular complexity index is 491. The highest BCUT2D eigenvalue weighted by Crippen LogP contribution is 2.26. The van der Waals surface area contributed by atoms with Crippen molar-refractivity contribution in [3.63, 3.8) is 0 Å². The molecule has 0 amide bonds. The van der Waals surface area contributed by atoms with Crippen LogP contribution < -0.4 is 0 Å². The van der Waals surface area contributed by atoms with Gasteiger partial charge in [-0.3, -0.25) is 0 Å². The van der Waals surface area contributed by atoms with Gasteiger partial charge in [0.15, 0.2) is 0 Å². The summed E-state index contributed by atoms with van der Waals surface area (Å²) in [7, 11) is 1.37. The van der Waals surface area contributed by atoms with Crippen LogP contribution in [-0.4, -0.2) is 18.1 Å². The van der Waals surface area contributed by atoms with Gasteiger partial charge >= 0.3 is 5.97 Å². The lowest BCUT2D eigenvalue weighted by Gasteiger charge is -2.01. The van der Waals surface area contributed by atoms with E-state index in [1.807, 2.05) is 26.0 Å². The van der Waals surface area contributed by atoms with Crippen LogP contribution >= 0.6 is 15.9 Å². The summed E-state index contributed by atoms with van der Waals surface area (Å²) in [6, 6.07) is 5.48. The van der Waals surface area contributed by atoms with Crippen LogP contribution in [0.15, 0.2) is 28.9 Å². The van der Waals surface area contributed by atoms with Crippen molar-refractivity contribution in [3.8, 4) is 0 Å². The lowest BCUT2D eigenvalue weighted by atomic mass is 10.1. The maximum atomic E-state index is 11.4. The quantitative estimate of drug-likeness (QED) is 0.810. The monoisotopic (exact) mass is 283 g/mol. The van der Waals surface area contributed by atoms with Crippen molar-refractivity contribution in [2.45, 2.75) is 13.8 Å². The second-order valence-electron chi connectivity index (χ2n) is 2.85. The summed E-state index contributed by atoms with van der Waals surface area (Å²) in [6.45, 7) is 4.00. The molecule has 2 aromatic rings. The molecule has 0 fully saturated rings. The van der Waals surface area contributed by atoms with Crippen molar-refractivity contribution in [3.05, 3.63) is 34.4 Å². The van der Waals surface area contributed by atoms with Crippen LogP contribution in [0.3, 0.4) is 0 Å². The second kappa shape index (κ2) is 5.70. The lowest BCUT2D eigenvalue weighted by Crippen LogP contribution is -2.01. The predicted molar refractivity (Wildman–Crippen MR) is 68.7 cm³/mol. The molecule has 0 spiro atoms. The van der Waals surface area contributed by atoms with E-state index < -0.39 is 0 Å². The Kier molecular flexibility index (Phi) is 4.55. The van der Waals surface area contributed by atoms with Crippen molar-refractivity contribution in [2.75, 3.05) is 7.11 Å². The van der Waals surface area contributed by atoms with Crippen LogP contribution in [0.1, 0.15) is 24.2 Å². The molecule has 0 radical (unpaired) electrons. The number of benzene rings is 1. The number of rotatable bonds is 1. The zero-order chi connectivity index (χ0) is 12.1. The highest BCUT2D eigenvalue weighted by molar-refractivity contribution is 9.10. The first-order valence-corrected chi connectivity index (χ1v) is 5.87. The third kappa shape index (κ3) is 2.27. The first-order valence-electron chi connectivity index (χ1n) is 5.08. The van der Waals surface area contributed by atoms with Gasteiger partial charge in [-0.15, -0.1) is 0 Å². The van der Waals surface area contributed by atoms with E-state index in [-0.39, 0.29) is 5.97 Å². The van der Waals surface area contributed by atoms with Gasteiger partial charge in [-0.25, -0.2) is 4.79 Å². The Labute approximate surface area is 103 Å². The molecule has 3 nitrogen and oxygen atoms in total. The minimum Gasteiger partial charge on any atom is -0.465 e. The van der Waals surface area contributed by atoms with E-state index in [4.69, 9.17) is 0 Å². The summed E-state index contributed by atoms with van der Waals surface area (Å²) in [5.41, 5.74) is 1.35. The molecule has 0 saturated heterocycles. The third-order valence-electron chi connectivity index (χ3n) is 2.08. The number of ether oxygens (including phenoxy) is 1. The van der Waals surface area contributed by atoms with E-state index in [1.54, 1.807) is 12.3 Å². The summed E-state index contributed by atoms with van der Waals surface area (Å²) in [4.78, 5) is 14.4. The highest BCUT2D eigenvalue weighted by atomic mass is 79.9. The summed E-state index contributed by atoms with van der Waals surface area (Å²) in [6.07, 6.45) is 1.79. The van der Waals surface area contributed by atoms with Crippen molar-refractivity contribution in [1.82, 2.24) is 4.98 Å². The second-order valence-corrected chi connectivity index (χ2v) is 3.71. The molecule has 4 heteroatoms. The lowest BCUT2D eigenvalue weighted by molar-refractivity contribution is 0.0603. The van der Waals surface area contributed by atoms with E-state index in [1.165, 1.54) is 7.11 Å². The van der Waals surface area contributed by atoms with E-state index in [0.29, 0.717) is 5.56 Å². The summed E-state index contributed by atoms with van der Waals surface area (Å²) in [5, 5.41) is 0.980. The van der Waals surface area contributed by atoms with Gasteiger partial charge < -0.3 is 9.72 Å². The van der Waals surface area contributed by atoms with Crippen LogP contribution in [-0.2, 0) is 4.74 Å². The summed E-state index contributed by atoms with van der Waals surface area (Å²) < 4.78 is 5.64.